The van der Waals surface area contributed by atoms with Crippen LogP contribution in [0.1, 0.15) is 29.5 Å². The molecule has 0 atom stereocenters. The van der Waals surface area contributed by atoms with Crippen molar-refractivity contribution in [1.29, 1.82) is 0 Å². The molecule has 0 bridgehead atoms. The van der Waals surface area contributed by atoms with Crippen molar-refractivity contribution >= 4 is 21.6 Å². The lowest BCUT2D eigenvalue weighted by Crippen LogP contribution is -2.42. The van der Waals surface area contributed by atoms with Crippen molar-refractivity contribution in [2.45, 2.75) is 37.8 Å². The third-order valence-electron chi connectivity index (χ3n) is 5.29. The van der Waals surface area contributed by atoms with Gasteiger partial charge in [-0.2, -0.15) is 17.5 Å². The van der Waals surface area contributed by atoms with Crippen molar-refractivity contribution in [2.24, 2.45) is 5.92 Å². The van der Waals surface area contributed by atoms with Crippen molar-refractivity contribution in [2.75, 3.05) is 18.4 Å². The number of nitrogens with zero attached hydrogens (tertiary/aromatic N) is 1. The number of sulfonamides is 1. The molecular formula is C21H23F3N2O3S. The molecule has 9 heteroatoms. The van der Waals surface area contributed by atoms with Crippen LogP contribution in [0.25, 0.3) is 0 Å². The Labute approximate surface area is 173 Å². The zero-order valence-corrected chi connectivity index (χ0v) is 17.5. The molecule has 5 nitrogen and oxygen atoms in total. The minimum Gasteiger partial charge on any atom is -0.326 e. The van der Waals surface area contributed by atoms with E-state index in [1.807, 2.05) is 32.0 Å². The second-order valence-electron chi connectivity index (χ2n) is 7.48. The molecule has 1 amide bonds. The number of halogens is 3. The van der Waals surface area contributed by atoms with Crippen LogP contribution in [0.4, 0.5) is 18.9 Å². The largest absolute Gasteiger partial charge is 0.417 e. The number of nitrogens with one attached hydrogen (secondary N) is 1. The maximum atomic E-state index is 13.2. The molecule has 1 saturated heterocycles. The lowest BCUT2D eigenvalue weighted by atomic mass is 9.97. The van der Waals surface area contributed by atoms with E-state index in [0.29, 0.717) is 5.69 Å². The highest BCUT2D eigenvalue weighted by atomic mass is 32.2. The number of aryl methyl sites for hydroxylation is 2. The number of piperidine rings is 1. The Morgan fingerprint density at radius 1 is 1.07 bits per heavy atom. The van der Waals surface area contributed by atoms with E-state index in [1.54, 1.807) is 0 Å². The van der Waals surface area contributed by atoms with Crippen molar-refractivity contribution < 1.29 is 26.4 Å². The van der Waals surface area contributed by atoms with Gasteiger partial charge in [-0.05, 0) is 56.0 Å². The van der Waals surface area contributed by atoms with Gasteiger partial charge in [-0.1, -0.05) is 24.3 Å². The summed E-state index contributed by atoms with van der Waals surface area (Å²) in [6, 6.07) is 9.86. The average Bonchev–Trinajstić information content (AvgIpc) is 2.70. The fraction of sp³-hybridized carbons (Fsp3) is 0.381. The predicted octanol–water partition coefficient (Wildman–Crippen LogP) is 4.36. The molecular weight excluding hydrogens is 417 g/mol. The molecule has 0 aromatic heterocycles. The Hall–Kier alpha value is -2.39. The molecule has 2 aromatic carbocycles. The van der Waals surface area contributed by atoms with E-state index in [0.717, 1.165) is 33.6 Å². The number of carbonyl (C=O) groups is 1. The molecule has 1 aliphatic rings. The van der Waals surface area contributed by atoms with E-state index in [1.165, 1.54) is 6.07 Å². The van der Waals surface area contributed by atoms with Crippen LogP contribution in [-0.2, 0) is 21.0 Å². The van der Waals surface area contributed by atoms with E-state index in [9.17, 15) is 26.4 Å². The van der Waals surface area contributed by atoms with Gasteiger partial charge in [0, 0.05) is 24.7 Å². The molecule has 1 heterocycles. The summed E-state index contributed by atoms with van der Waals surface area (Å²) in [7, 11) is -4.31. The van der Waals surface area contributed by atoms with E-state index < -0.39 is 32.6 Å². The van der Waals surface area contributed by atoms with Gasteiger partial charge in [-0.15, -0.1) is 0 Å². The minimum atomic E-state index is -4.77. The molecule has 0 aliphatic carbocycles. The van der Waals surface area contributed by atoms with Gasteiger partial charge in [0.2, 0.25) is 15.9 Å². The Bertz CT molecular complexity index is 1040. The standard InChI is InChI=1S/C21H23F3N2O3S/c1-14-7-8-15(2)18(13-14)25-20(27)16-9-11-26(12-10-16)30(28,29)19-6-4-3-5-17(19)21(22,23)24/h3-8,13,16H,9-12H2,1-2H3,(H,25,27). The number of benzene rings is 2. The molecule has 0 spiro atoms. The first-order valence-corrected chi connectivity index (χ1v) is 11.0. The molecule has 0 saturated carbocycles. The van der Waals surface area contributed by atoms with Crippen LogP contribution in [0.15, 0.2) is 47.4 Å². The Kier molecular flexibility index (Phi) is 6.24. The number of alkyl halides is 3. The highest BCUT2D eigenvalue weighted by Crippen LogP contribution is 2.36. The summed E-state index contributed by atoms with van der Waals surface area (Å²) in [5.74, 6) is -0.620. The second-order valence-corrected chi connectivity index (χ2v) is 9.39. The number of hydrogen-bond acceptors (Lipinski definition) is 3. The van der Waals surface area contributed by atoms with Gasteiger partial charge in [-0.25, -0.2) is 8.42 Å². The van der Waals surface area contributed by atoms with Crippen LogP contribution in [-0.4, -0.2) is 31.7 Å². The summed E-state index contributed by atoms with van der Waals surface area (Å²) in [4.78, 5) is 11.9. The normalized spacial score (nSPS) is 16.4. The van der Waals surface area contributed by atoms with Gasteiger partial charge in [0.1, 0.15) is 0 Å². The fourth-order valence-electron chi connectivity index (χ4n) is 3.53. The van der Waals surface area contributed by atoms with E-state index in [4.69, 9.17) is 0 Å². The quantitative estimate of drug-likeness (QED) is 0.768. The van der Waals surface area contributed by atoms with Crippen LogP contribution in [0.2, 0.25) is 0 Å². The molecule has 3 rings (SSSR count). The third-order valence-corrected chi connectivity index (χ3v) is 7.24. The lowest BCUT2D eigenvalue weighted by Gasteiger charge is -2.31. The summed E-state index contributed by atoms with van der Waals surface area (Å²) in [5.41, 5.74) is 1.44. The fourth-order valence-corrected chi connectivity index (χ4v) is 5.21. The average molecular weight is 440 g/mol. The van der Waals surface area contributed by atoms with E-state index >= 15 is 0 Å². The summed E-state index contributed by atoms with van der Waals surface area (Å²) in [6.45, 7) is 3.76. The van der Waals surface area contributed by atoms with Crippen LogP contribution in [0.5, 0.6) is 0 Å². The van der Waals surface area contributed by atoms with Gasteiger partial charge in [-0.3, -0.25) is 4.79 Å². The first-order chi connectivity index (χ1) is 14.0. The molecule has 1 fully saturated rings. The smallest absolute Gasteiger partial charge is 0.326 e. The monoisotopic (exact) mass is 440 g/mol. The summed E-state index contributed by atoms with van der Waals surface area (Å²) in [6.07, 6.45) is -4.29. The van der Waals surface area contributed by atoms with Crippen LogP contribution < -0.4 is 5.32 Å². The molecule has 0 unspecified atom stereocenters. The second kappa shape index (κ2) is 8.39. The van der Waals surface area contributed by atoms with Gasteiger partial charge >= 0.3 is 6.18 Å². The number of rotatable bonds is 4. The molecule has 162 valence electrons. The summed E-state index contributed by atoms with van der Waals surface area (Å²) in [5, 5.41) is 2.88. The van der Waals surface area contributed by atoms with Crippen molar-refractivity contribution in [3.8, 4) is 0 Å². The zero-order valence-electron chi connectivity index (χ0n) is 16.7. The minimum absolute atomic E-state index is 0.0145. The molecule has 0 radical (unpaired) electrons. The first-order valence-electron chi connectivity index (χ1n) is 9.54. The van der Waals surface area contributed by atoms with Crippen LogP contribution in [0, 0.1) is 19.8 Å². The molecule has 1 N–H and O–H groups in total. The Morgan fingerprint density at radius 3 is 2.33 bits per heavy atom. The van der Waals surface area contributed by atoms with Crippen molar-refractivity contribution in [3.05, 3.63) is 59.2 Å². The third kappa shape index (κ3) is 4.67. The molecule has 2 aromatic rings. The van der Waals surface area contributed by atoms with Gasteiger partial charge in [0.15, 0.2) is 0 Å². The van der Waals surface area contributed by atoms with Crippen LogP contribution >= 0.6 is 0 Å². The van der Waals surface area contributed by atoms with Crippen LogP contribution in [0.3, 0.4) is 0 Å². The molecule has 1 aliphatic heterocycles. The first kappa shape index (κ1) is 22.3. The predicted molar refractivity (Wildman–Crippen MR) is 107 cm³/mol. The Balaban J connectivity index is 1.71. The molecule has 30 heavy (non-hydrogen) atoms. The van der Waals surface area contributed by atoms with E-state index in [2.05, 4.69) is 5.32 Å². The number of hydrogen-bond donors (Lipinski definition) is 1. The van der Waals surface area contributed by atoms with Crippen molar-refractivity contribution in [1.82, 2.24) is 4.31 Å². The maximum absolute atomic E-state index is 13.2. The van der Waals surface area contributed by atoms with Gasteiger partial charge in [0.25, 0.3) is 0 Å². The van der Waals surface area contributed by atoms with Gasteiger partial charge < -0.3 is 5.32 Å². The number of anilines is 1. The lowest BCUT2D eigenvalue weighted by molar-refractivity contribution is -0.139. The summed E-state index contributed by atoms with van der Waals surface area (Å²) >= 11 is 0. The summed E-state index contributed by atoms with van der Waals surface area (Å²) < 4.78 is 66.4. The highest BCUT2D eigenvalue weighted by Gasteiger charge is 2.40. The topological polar surface area (TPSA) is 66.5 Å². The SMILES string of the molecule is Cc1ccc(C)c(NC(=O)C2CCN(S(=O)(=O)c3ccccc3C(F)(F)F)CC2)c1. The van der Waals surface area contributed by atoms with E-state index in [-0.39, 0.29) is 31.8 Å². The Morgan fingerprint density at radius 2 is 1.70 bits per heavy atom. The van der Waals surface area contributed by atoms with Crippen molar-refractivity contribution in [3.63, 3.8) is 0 Å². The number of carbonyl (C=O) groups excluding carboxylic acids is 1. The zero-order chi connectivity index (χ0) is 22.1. The van der Waals surface area contributed by atoms with Gasteiger partial charge in [0.05, 0.1) is 10.5 Å². The highest BCUT2D eigenvalue weighted by molar-refractivity contribution is 7.89. The maximum Gasteiger partial charge on any atom is 0.417 e. The number of amides is 1.